The van der Waals surface area contributed by atoms with E-state index in [1.807, 2.05) is 30.5 Å². The van der Waals surface area contributed by atoms with E-state index in [9.17, 15) is 9.90 Å². The van der Waals surface area contributed by atoms with E-state index < -0.39 is 5.97 Å². The number of benzene rings is 2. The van der Waals surface area contributed by atoms with Gasteiger partial charge < -0.3 is 15.1 Å². The van der Waals surface area contributed by atoms with Crippen LogP contribution in [0.5, 0.6) is 0 Å². The Bertz CT molecular complexity index is 1030. The predicted molar refractivity (Wildman–Crippen MR) is 90.3 cm³/mol. The van der Waals surface area contributed by atoms with Gasteiger partial charge in [0.25, 0.3) is 0 Å². The molecule has 0 aliphatic carbocycles. The fraction of sp³-hybridized carbons (Fsp3) is 0. The van der Waals surface area contributed by atoms with Gasteiger partial charge in [0, 0.05) is 39.1 Å². The molecule has 4 nitrogen and oxygen atoms in total. The van der Waals surface area contributed by atoms with Gasteiger partial charge >= 0.3 is 5.97 Å². The number of aromatic amines is 2. The van der Waals surface area contributed by atoms with Crippen LogP contribution in [0.4, 0.5) is 0 Å². The Morgan fingerprint density at radius 2 is 1.86 bits per heavy atom. The molecule has 3 N–H and O–H groups in total. The molecule has 4 aromatic rings. The summed E-state index contributed by atoms with van der Waals surface area (Å²) in [7, 11) is 0. The third-order valence-electron chi connectivity index (χ3n) is 3.86. The summed E-state index contributed by atoms with van der Waals surface area (Å²) in [5.41, 5.74) is 4.24. The first-order valence-corrected chi connectivity index (χ1v) is 7.55. The van der Waals surface area contributed by atoms with Crippen molar-refractivity contribution >= 4 is 43.7 Å². The molecule has 0 fully saturated rings. The standard InChI is InChI=1S/C17H11BrN2O2/c18-16-15(10-3-1-2-4-14(10)20-16)12-8-19-13-6-5-9(17(21)22)7-11(12)13/h1-8,19-20H,(H,21,22). The van der Waals surface area contributed by atoms with Gasteiger partial charge in [-0.3, -0.25) is 0 Å². The lowest BCUT2D eigenvalue weighted by Crippen LogP contribution is -1.94. The number of aromatic carboxylic acids is 1. The minimum absolute atomic E-state index is 0.282. The summed E-state index contributed by atoms with van der Waals surface area (Å²) in [6.45, 7) is 0. The number of hydrogen-bond acceptors (Lipinski definition) is 1. The zero-order chi connectivity index (χ0) is 15.3. The molecule has 0 saturated heterocycles. The second-order valence-electron chi connectivity index (χ2n) is 5.13. The van der Waals surface area contributed by atoms with Gasteiger partial charge in [0.1, 0.15) is 0 Å². The average molecular weight is 355 g/mol. The topological polar surface area (TPSA) is 68.9 Å². The van der Waals surface area contributed by atoms with Crippen molar-refractivity contribution in [2.45, 2.75) is 0 Å². The van der Waals surface area contributed by atoms with Crippen molar-refractivity contribution < 1.29 is 9.90 Å². The van der Waals surface area contributed by atoms with Gasteiger partial charge in [0.2, 0.25) is 0 Å². The van der Waals surface area contributed by atoms with Crippen LogP contribution >= 0.6 is 15.9 Å². The second kappa shape index (κ2) is 4.74. The SMILES string of the molecule is O=C(O)c1ccc2[nH]cc(-c3c(Br)[nH]c4ccccc34)c2c1. The van der Waals surface area contributed by atoms with Gasteiger partial charge in [-0.1, -0.05) is 18.2 Å². The van der Waals surface area contributed by atoms with Crippen LogP contribution in [0.1, 0.15) is 10.4 Å². The highest BCUT2D eigenvalue weighted by atomic mass is 79.9. The summed E-state index contributed by atoms with van der Waals surface area (Å²) in [4.78, 5) is 17.7. The maximum Gasteiger partial charge on any atom is 0.335 e. The molecule has 0 amide bonds. The van der Waals surface area contributed by atoms with E-state index in [4.69, 9.17) is 0 Å². The minimum atomic E-state index is -0.924. The molecular formula is C17H11BrN2O2. The Kier molecular flexibility index (Phi) is 2.84. The number of H-pyrrole nitrogens is 2. The van der Waals surface area contributed by atoms with Crippen LogP contribution in [0.25, 0.3) is 32.9 Å². The number of hydrogen-bond donors (Lipinski definition) is 3. The summed E-state index contributed by atoms with van der Waals surface area (Å²) >= 11 is 3.58. The number of nitrogens with one attached hydrogen (secondary N) is 2. The van der Waals surface area contributed by atoms with Crippen LogP contribution in [0.15, 0.2) is 53.3 Å². The zero-order valence-corrected chi connectivity index (χ0v) is 12.9. The van der Waals surface area contributed by atoms with Crippen LogP contribution in [0.3, 0.4) is 0 Å². The quantitative estimate of drug-likeness (QED) is 0.484. The van der Waals surface area contributed by atoms with E-state index in [0.29, 0.717) is 0 Å². The summed E-state index contributed by atoms with van der Waals surface area (Å²) in [6.07, 6.45) is 1.91. The number of carbonyl (C=O) groups is 1. The molecule has 2 aromatic carbocycles. The largest absolute Gasteiger partial charge is 0.478 e. The molecule has 5 heteroatoms. The van der Waals surface area contributed by atoms with Gasteiger partial charge in [-0.25, -0.2) is 4.79 Å². The number of para-hydroxylation sites is 1. The average Bonchev–Trinajstić information content (AvgIpc) is 3.06. The Labute approximate surface area is 133 Å². The fourth-order valence-electron chi connectivity index (χ4n) is 2.83. The Hall–Kier alpha value is -2.53. The van der Waals surface area contributed by atoms with Crippen molar-refractivity contribution in [1.82, 2.24) is 9.97 Å². The Balaban J connectivity index is 2.06. The molecule has 2 aromatic heterocycles. The molecule has 0 unspecified atom stereocenters. The van der Waals surface area contributed by atoms with E-state index in [0.717, 1.165) is 37.5 Å². The van der Waals surface area contributed by atoms with Crippen molar-refractivity contribution in [3.63, 3.8) is 0 Å². The summed E-state index contributed by atoms with van der Waals surface area (Å²) < 4.78 is 0.885. The molecule has 0 radical (unpaired) electrons. The van der Waals surface area contributed by atoms with E-state index in [1.165, 1.54) is 0 Å². The number of halogens is 1. The lowest BCUT2D eigenvalue weighted by molar-refractivity contribution is 0.0697. The normalized spacial score (nSPS) is 11.3. The Morgan fingerprint density at radius 1 is 1.05 bits per heavy atom. The van der Waals surface area contributed by atoms with Crippen LogP contribution in [-0.2, 0) is 0 Å². The summed E-state index contributed by atoms with van der Waals surface area (Å²) in [5, 5.41) is 11.2. The Morgan fingerprint density at radius 3 is 2.68 bits per heavy atom. The zero-order valence-electron chi connectivity index (χ0n) is 11.4. The van der Waals surface area contributed by atoms with Crippen LogP contribution in [0, 0.1) is 0 Å². The van der Waals surface area contributed by atoms with Crippen LogP contribution in [0.2, 0.25) is 0 Å². The van der Waals surface area contributed by atoms with Gasteiger partial charge in [0.15, 0.2) is 0 Å². The number of carboxylic acids is 1. The highest BCUT2D eigenvalue weighted by Gasteiger charge is 2.16. The molecule has 2 heterocycles. The fourth-order valence-corrected chi connectivity index (χ4v) is 3.47. The molecule has 0 saturated carbocycles. The monoisotopic (exact) mass is 354 g/mol. The second-order valence-corrected chi connectivity index (χ2v) is 5.92. The molecule has 0 spiro atoms. The molecule has 0 bridgehead atoms. The van der Waals surface area contributed by atoms with Crippen molar-refractivity contribution in [1.29, 1.82) is 0 Å². The summed E-state index contributed by atoms with van der Waals surface area (Å²) in [6, 6.07) is 13.1. The molecule has 0 atom stereocenters. The van der Waals surface area contributed by atoms with Crippen molar-refractivity contribution in [3.05, 3.63) is 58.8 Å². The molecule has 22 heavy (non-hydrogen) atoms. The number of rotatable bonds is 2. The van der Waals surface area contributed by atoms with Gasteiger partial charge in [-0.2, -0.15) is 0 Å². The van der Waals surface area contributed by atoms with E-state index in [2.05, 4.69) is 25.9 Å². The maximum atomic E-state index is 11.2. The van der Waals surface area contributed by atoms with E-state index in [1.54, 1.807) is 18.2 Å². The minimum Gasteiger partial charge on any atom is -0.478 e. The lowest BCUT2D eigenvalue weighted by atomic mass is 10.0. The maximum absolute atomic E-state index is 11.2. The van der Waals surface area contributed by atoms with Gasteiger partial charge in [-0.15, -0.1) is 0 Å². The molecular weight excluding hydrogens is 344 g/mol. The first-order chi connectivity index (χ1) is 10.6. The van der Waals surface area contributed by atoms with Crippen molar-refractivity contribution in [3.8, 4) is 11.1 Å². The van der Waals surface area contributed by atoms with Crippen molar-refractivity contribution in [2.24, 2.45) is 0 Å². The molecule has 0 aliphatic heterocycles. The molecule has 0 aliphatic rings. The first kappa shape index (κ1) is 13.2. The van der Waals surface area contributed by atoms with E-state index in [-0.39, 0.29) is 5.56 Å². The highest BCUT2D eigenvalue weighted by molar-refractivity contribution is 9.10. The van der Waals surface area contributed by atoms with Gasteiger partial charge in [0.05, 0.1) is 10.2 Å². The van der Waals surface area contributed by atoms with Crippen LogP contribution in [-0.4, -0.2) is 21.0 Å². The molecule has 108 valence electrons. The van der Waals surface area contributed by atoms with E-state index >= 15 is 0 Å². The predicted octanol–water partition coefficient (Wildman–Crippen LogP) is 4.78. The molecule has 4 rings (SSSR count). The number of carboxylic acid groups (broad SMARTS) is 1. The highest BCUT2D eigenvalue weighted by Crippen LogP contribution is 2.39. The number of aromatic nitrogens is 2. The lowest BCUT2D eigenvalue weighted by Gasteiger charge is -2.01. The van der Waals surface area contributed by atoms with Gasteiger partial charge in [-0.05, 0) is 40.2 Å². The number of fused-ring (bicyclic) bond motifs is 2. The first-order valence-electron chi connectivity index (χ1n) is 6.76. The summed E-state index contributed by atoms with van der Waals surface area (Å²) in [5.74, 6) is -0.924. The third-order valence-corrected chi connectivity index (χ3v) is 4.45. The van der Waals surface area contributed by atoms with Crippen molar-refractivity contribution in [2.75, 3.05) is 0 Å². The van der Waals surface area contributed by atoms with Crippen LogP contribution < -0.4 is 0 Å². The smallest absolute Gasteiger partial charge is 0.335 e. The third kappa shape index (κ3) is 1.86.